The predicted octanol–water partition coefficient (Wildman–Crippen LogP) is 5.07. The van der Waals surface area contributed by atoms with Crippen molar-refractivity contribution in [2.75, 3.05) is 5.32 Å². The lowest BCUT2D eigenvalue weighted by Crippen LogP contribution is -2.02. The van der Waals surface area contributed by atoms with E-state index in [2.05, 4.69) is 24.4 Å². The lowest BCUT2D eigenvalue weighted by molar-refractivity contribution is 0.843. The summed E-state index contributed by atoms with van der Waals surface area (Å²) in [5, 5.41) is 4.93. The van der Waals surface area contributed by atoms with Gasteiger partial charge in [-0.2, -0.15) is 0 Å². The Morgan fingerprint density at radius 1 is 1.29 bits per heavy atom. The summed E-state index contributed by atoms with van der Waals surface area (Å²) in [7, 11) is 0. The van der Waals surface area contributed by atoms with E-state index in [4.69, 9.17) is 23.2 Å². The lowest BCUT2D eigenvalue weighted by Gasteiger charge is -2.08. The van der Waals surface area contributed by atoms with Crippen LogP contribution in [0.25, 0.3) is 0 Å². The molecular formula is C13H11Cl2NS. The first-order valence-corrected chi connectivity index (χ1v) is 7.01. The fraction of sp³-hybridized carbons (Fsp3) is 0.231. The largest absolute Gasteiger partial charge is 0.377 e. The summed E-state index contributed by atoms with van der Waals surface area (Å²) in [5.74, 6) is 0. The number of halogens is 2. The molecule has 17 heavy (non-hydrogen) atoms. The fourth-order valence-electron chi connectivity index (χ4n) is 2.20. The molecule has 0 saturated carbocycles. The summed E-state index contributed by atoms with van der Waals surface area (Å²) in [5.41, 5.74) is 2.24. The average Bonchev–Trinajstić information content (AvgIpc) is 2.83. The van der Waals surface area contributed by atoms with Crippen molar-refractivity contribution in [3.05, 3.63) is 49.6 Å². The second-order valence-electron chi connectivity index (χ2n) is 4.26. The number of hydrogen-bond acceptors (Lipinski definition) is 2. The molecule has 1 aliphatic heterocycles. The number of anilines is 1. The highest BCUT2D eigenvalue weighted by Gasteiger charge is 2.25. The molecule has 1 aliphatic rings. The highest BCUT2D eigenvalue weighted by atomic mass is 35.5. The van der Waals surface area contributed by atoms with Crippen LogP contribution in [-0.2, 0) is 6.42 Å². The third-order valence-corrected chi connectivity index (χ3v) is 4.67. The van der Waals surface area contributed by atoms with Crippen molar-refractivity contribution in [1.29, 1.82) is 0 Å². The standard InChI is InChI=1S/C13H11Cl2NS/c1-7-2-3-13(17-7)12-6-9-10(15)4-8(14)5-11(9)16-12/h2-5,12,16H,6H2,1H3. The van der Waals surface area contributed by atoms with Crippen molar-refractivity contribution in [3.63, 3.8) is 0 Å². The molecule has 4 heteroatoms. The molecule has 0 saturated heterocycles. The van der Waals surface area contributed by atoms with E-state index in [9.17, 15) is 0 Å². The Morgan fingerprint density at radius 3 is 2.82 bits per heavy atom. The second-order valence-corrected chi connectivity index (χ2v) is 6.43. The molecule has 3 rings (SSSR count). The Kier molecular flexibility index (Phi) is 2.81. The van der Waals surface area contributed by atoms with Crippen molar-refractivity contribution in [1.82, 2.24) is 0 Å². The van der Waals surface area contributed by atoms with Crippen LogP contribution in [0.5, 0.6) is 0 Å². The van der Waals surface area contributed by atoms with Gasteiger partial charge in [0.2, 0.25) is 0 Å². The number of rotatable bonds is 1. The summed E-state index contributed by atoms with van der Waals surface area (Å²) in [4.78, 5) is 2.69. The Balaban J connectivity index is 1.95. The van der Waals surface area contributed by atoms with Gasteiger partial charge in [-0.25, -0.2) is 0 Å². The maximum absolute atomic E-state index is 6.21. The van der Waals surface area contributed by atoms with Gasteiger partial charge in [0.25, 0.3) is 0 Å². The highest BCUT2D eigenvalue weighted by Crippen LogP contribution is 2.41. The molecule has 0 amide bonds. The maximum atomic E-state index is 6.21. The molecule has 1 aromatic heterocycles. The first-order chi connectivity index (χ1) is 8.13. The van der Waals surface area contributed by atoms with Crippen LogP contribution in [0.4, 0.5) is 5.69 Å². The zero-order valence-electron chi connectivity index (χ0n) is 9.26. The van der Waals surface area contributed by atoms with Gasteiger partial charge in [0.05, 0.1) is 6.04 Å². The monoisotopic (exact) mass is 283 g/mol. The summed E-state index contributed by atoms with van der Waals surface area (Å²) >= 11 is 14.0. The Labute approximate surface area is 114 Å². The quantitative estimate of drug-likeness (QED) is 0.770. The van der Waals surface area contributed by atoms with Crippen molar-refractivity contribution in [3.8, 4) is 0 Å². The number of fused-ring (bicyclic) bond motifs is 1. The third-order valence-electron chi connectivity index (χ3n) is 3.00. The molecule has 0 aliphatic carbocycles. The summed E-state index contributed by atoms with van der Waals surface area (Å²) in [6.45, 7) is 2.13. The summed E-state index contributed by atoms with van der Waals surface area (Å²) < 4.78 is 0. The summed E-state index contributed by atoms with van der Waals surface area (Å²) in [6.07, 6.45) is 0.936. The minimum absolute atomic E-state index is 0.333. The van der Waals surface area contributed by atoms with E-state index in [-0.39, 0.29) is 0 Å². The molecule has 0 bridgehead atoms. The van der Waals surface area contributed by atoms with Crippen LogP contribution in [-0.4, -0.2) is 0 Å². The highest BCUT2D eigenvalue weighted by molar-refractivity contribution is 7.12. The number of nitrogens with one attached hydrogen (secondary N) is 1. The lowest BCUT2D eigenvalue weighted by atomic mass is 10.1. The second kappa shape index (κ2) is 4.20. The van der Waals surface area contributed by atoms with Crippen LogP contribution in [0.2, 0.25) is 10.0 Å². The summed E-state index contributed by atoms with van der Waals surface area (Å²) in [6, 6.07) is 8.42. The molecule has 0 fully saturated rings. The SMILES string of the molecule is Cc1ccc(C2Cc3c(Cl)cc(Cl)cc3N2)s1. The number of aryl methyl sites for hydroxylation is 1. The van der Waals surface area contributed by atoms with Crippen LogP contribution in [0, 0.1) is 6.92 Å². The predicted molar refractivity (Wildman–Crippen MR) is 75.6 cm³/mol. The van der Waals surface area contributed by atoms with Crippen molar-refractivity contribution in [2.24, 2.45) is 0 Å². The van der Waals surface area contributed by atoms with Crippen molar-refractivity contribution in [2.45, 2.75) is 19.4 Å². The Hall–Kier alpha value is -0.700. The molecule has 0 spiro atoms. The van der Waals surface area contributed by atoms with Gasteiger partial charge >= 0.3 is 0 Å². The van der Waals surface area contributed by atoms with Gasteiger partial charge in [0.15, 0.2) is 0 Å². The molecule has 0 radical (unpaired) electrons. The van der Waals surface area contributed by atoms with Gasteiger partial charge in [-0.15, -0.1) is 11.3 Å². The zero-order chi connectivity index (χ0) is 12.0. The minimum atomic E-state index is 0.333. The Morgan fingerprint density at radius 2 is 2.12 bits per heavy atom. The first-order valence-electron chi connectivity index (χ1n) is 5.44. The van der Waals surface area contributed by atoms with E-state index < -0.39 is 0 Å². The van der Waals surface area contributed by atoms with Crippen LogP contribution in [0.1, 0.15) is 21.4 Å². The molecule has 2 heterocycles. The first kappa shape index (κ1) is 11.4. The maximum Gasteiger partial charge on any atom is 0.0648 e. The van der Waals surface area contributed by atoms with E-state index in [1.165, 1.54) is 15.3 Å². The van der Waals surface area contributed by atoms with Gasteiger partial charge in [0.1, 0.15) is 0 Å². The topological polar surface area (TPSA) is 12.0 Å². The third kappa shape index (κ3) is 2.05. The number of benzene rings is 1. The van der Waals surface area contributed by atoms with E-state index in [1.54, 1.807) is 0 Å². The van der Waals surface area contributed by atoms with Crippen molar-refractivity contribution < 1.29 is 0 Å². The Bertz CT molecular complexity index is 577. The molecule has 1 aromatic carbocycles. The van der Waals surface area contributed by atoms with Gasteiger partial charge in [-0.05, 0) is 36.8 Å². The smallest absolute Gasteiger partial charge is 0.0648 e. The van der Waals surface area contributed by atoms with Crippen molar-refractivity contribution >= 4 is 40.2 Å². The van der Waals surface area contributed by atoms with Gasteiger partial charge < -0.3 is 5.32 Å². The van der Waals surface area contributed by atoms with E-state index in [0.717, 1.165) is 17.1 Å². The zero-order valence-corrected chi connectivity index (χ0v) is 11.6. The minimum Gasteiger partial charge on any atom is -0.377 e. The van der Waals surface area contributed by atoms with Crippen LogP contribution < -0.4 is 5.32 Å². The normalized spacial score (nSPS) is 17.9. The van der Waals surface area contributed by atoms with E-state index >= 15 is 0 Å². The number of hydrogen-bond donors (Lipinski definition) is 1. The van der Waals surface area contributed by atoms with Crippen LogP contribution in [0.15, 0.2) is 24.3 Å². The van der Waals surface area contributed by atoms with E-state index in [1.807, 2.05) is 23.5 Å². The fourth-order valence-corrected chi connectivity index (χ4v) is 3.69. The molecule has 1 unspecified atom stereocenters. The molecule has 1 nitrogen and oxygen atoms in total. The van der Waals surface area contributed by atoms with Crippen LogP contribution >= 0.6 is 34.5 Å². The molecule has 88 valence electrons. The molecule has 1 N–H and O–H groups in total. The van der Waals surface area contributed by atoms with Gasteiger partial charge in [-0.1, -0.05) is 23.2 Å². The molecular weight excluding hydrogens is 273 g/mol. The van der Waals surface area contributed by atoms with Gasteiger partial charge in [0, 0.05) is 31.9 Å². The van der Waals surface area contributed by atoms with Crippen LogP contribution in [0.3, 0.4) is 0 Å². The average molecular weight is 284 g/mol. The molecule has 2 aromatic rings. The van der Waals surface area contributed by atoms with Gasteiger partial charge in [-0.3, -0.25) is 0 Å². The number of thiophene rings is 1. The molecule has 1 atom stereocenters. The van der Waals surface area contributed by atoms with E-state index in [0.29, 0.717) is 11.1 Å².